The van der Waals surface area contributed by atoms with Crippen LogP contribution in [0.25, 0.3) is 16.8 Å². The van der Waals surface area contributed by atoms with Crippen LogP contribution in [-0.2, 0) is 4.74 Å². The molecule has 0 radical (unpaired) electrons. The van der Waals surface area contributed by atoms with Crippen LogP contribution in [0.1, 0.15) is 0 Å². The van der Waals surface area contributed by atoms with E-state index in [1.807, 2.05) is 47.9 Å². The highest BCUT2D eigenvalue weighted by Crippen LogP contribution is 2.27. The van der Waals surface area contributed by atoms with Gasteiger partial charge in [-0.1, -0.05) is 6.07 Å². The van der Waals surface area contributed by atoms with E-state index < -0.39 is 0 Å². The number of aromatic nitrogens is 4. The SMILES string of the molecule is CN(C)c1nnc2cc(-c3ccnc(Nc4cccc(N5CCOCC5)c4)c3)ccn12. The lowest BCUT2D eigenvalue weighted by Crippen LogP contribution is -2.36. The van der Waals surface area contributed by atoms with Gasteiger partial charge in [-0.2, -0.15) is 0 Å². The van der Waals surface area contributed by atoms with Crippen molar-refractivity contribution in [2.75, 3.05) is 55.5 Å². The van der Waals surface area contributed by atoms with Gasteiger partial charge in [0, 0.05) is 51.0 Å². The summed E-state index contributed by atoms with van der Waals surface area (Å²) in [6.07, 6.45) is 3.82. The predicted octanol–water partition coefficient (Wildman–Crippen LogP) is 3.44. The summed E-state index contributed by atoms with van der Waals surface area (Å²) in [4.78, 5) is 8.79. The fourth-order valence-corrected chi connectivity index (χ4v) is 3.79. The Bertz CT molecular complexity index is 1200. The van der Waals surface area contributed by atoms with Gasteiger partial charge in [-0.05, 0) is 53.6 Å². The first-order valence-electron chi connectivity index (χ1n) is 10.4. The third-order valence-electron chi connectivity index (χ3n) is 5.38. The average molecular weight is 416 g/mol. The largest absolute Gasteiger partial charge is 0.378 e. The van der Waals surface area contributed by atoms with Crippen molar-refractivity contribution in [1.29, 1.82) is 0 Å². The van der Waals surface area contributed by atoms with E-state index >= 15 is 0 Å². The van der Waals surface area contributed by atoms with Gasteiger partial charge in [0.05, 0.1) is 13.2 Å². The lowest BCUT2D eigenvalue weighted by molar-refractivity contribution is 0.122. The summed E-state index contributed by atoms with van der Waals surface area (Å²) in [5.41, 5.74) is 5.15. The van der Waals surface area contributed by atoms with Crippen LogP contribution in [0.5, 0.6) is 0 Å². The molecule has 0 atom stereocenters. The number of ether oxygens (including phenoxy) is 1. The molecular weight excluding hydrogens is 390 g/mol. The third-order valence-corrected chi connectivity index (χ3v) is 5.38. The van der Waals surface area contributed by atoms with E-state index in [4.69, 9.17) is 4.74 Å². The highest BCUT2D eigenvalue weighted by Gasteiger charge is 2.12. The van der Waals surface area contributed by atoms with Gasteiger partial charge in [0.2, 0.25) is 5.95 Å². The Morgan fingerprint density at radius 1 is 0.968 bits per heavy atom. The first kappa shape index (κ1) is 19.3. The molecule has 8 heteroatoms. The number of hydrogen-bond donors (Lipinski definition) is 1. The second kappa shape index (κ2) is 8.23. The van der Waals surface area contributed by atoms with Crippen LogP contribution in [0.2, 0.25) is 0 Å². The quantitative estimate of drug-likeness (QED) is 0.535. The maximum Gasteiger partial charge on any atom is 0.231 e. The van der Waals surface area contributed by atoms with E-state index in [1.165, 1.54) is 5.69 Å². The Labute approximate surface area is 181 Å². The van der Waals surface area contributed by atoms with Crippen LogP contribution in [0.15, 0.2) is 60.9 Å². The van der Waals surface area contributed by atoms with E-state index in [9.17, 15) is 0 Å². The Kier molecular flexibility index (Phi) is 5.13. The van der Waals surface area contributed by atoms with E-state index in [-0.39, 0.29) is 0 Å². The lowest BCUT2D eigenvalue weighted by Gasteiger charge is -2.29. The highest BCUT2D eigenvalue weighted by molar-refractivity contribution is 5.72. The topological polar surface area (TPSA) is 70.8 Å². The fraction of sp³-hybridized carbons (Fsp3) is 0.261. The maximum absolute atomic E-state index is 5.46. The minimum Gasteiger partial charge on any atom is -0.378 e. The molecule has 158 valence electrons. The summed E-state index contributed by atoms with van der Waals surface area (Å²) in [5, 5.41) is 12.0. The van der Waals surface area contributed by atoms with Crippen molar-refractivity contribution in [3.63, 3.8) is 0 Å². The monoisotopic (exact) mass is 415 g/mol. The number of morpholine rings is 1. The molecular formula is C23H25N7O. The molecule has 0 unspecified atom stereocenters. The molecule has 0 spiro atoms. The zero-order valence-electron chi connectivity index (χ0n) is 17.7. The smallest absolute Gasteiger partial charge is 0.231 e. The minimum absolute atomic E-state index is 0.772. The lowest BCUT2D eigenvalue weighted by atomic mass is 10.1. The summed E-state index contributed by atoms with van der Waals surface area (Å²) in [6, 6.07) is 16.6. The van der Waals surface area contributed by atoms with Gasteiger partial charge in [0.1, 0.15) is 5.82 Å². The second-order valence-electron chi connectivity index (χ2n) is 7.74. The number of nitrogens with one attached hydrogen (secondary N) is 1. The number of rotatable bonds is 5. The molecule has 4 aromatic rings. The van der Waals surface area contributed by atoms with E-state index in [0.717, 1.165) is 60.5 Å². The molecule has 8 nitrogen and oxygen atoms in total. The number of hydrogen-bond acceptors (Lipinski definition) is 7. The number of anilines is 4. The number of pyridine rings is 2. The molecule has 4 heterocycles. The summed E-state index contributed by atoms with van der Waals surface area (Å²) < 4.78 is 7.44. The minimum atomic E-state index is 0.772. The normalized spacial score (nSPS) is 14.1. The molecule has 0 amide bonds. The maximum atomic E-state index is 5.46. The van der Waals surface area contributed by atoms with Crippen molar-refractivity contribution in [2.24, 2.45) is 0 Å². The zero-order valence-corrected chi connectivity index (χ0v) is 17.7. The molecule has 1 aromatic carbocycles. The van der Waals surface area contributed by atoms with E-state index in [2.05, 4.69) is 61.8 Å². The Hall–Kier alpha value is -3.65. The van der Waals surface area contributed by atoms with Crippen molar-refractivity contribution < 1.29 is 4.74 Å². The number of fused-ring (bicyclic) bond motifs is 1. The second-order valence-corrected chi connectivity index (χ2v) is 7.74. The van der Waals surface area contributed by atoms with Crippen molar-refractivity contribution >= 4 is 28.8 Å². The number of nitrogens with zero attached hydrogens (tertiary/aromatic N) is 6. The molecule has 1 saturated heterocycles. The molecule has 31 heavy (non-hydrogen) atoms. The molecule has 5 rings (SSSR count). The van der Waals surface area contributed by atoms with Crippen LogP contribution in [0.4, 0.5) is 23.1 Å². The van der Waals surface area contributed by atoms with E-state index in [1.54, 1.807) is 0 Å². The standard InChI is InChI=1S/C23H25N7O/c1-28(2)23-27-26-22-15-18(7-9-30(22)23)17-6-8-24-21(14-17)25-19-4-3-5-20(16-19)29-10-12-31-13-11-29/h3-9,14-16H,10-13H2,1-2H3,(H,24,25). The molecule has 0 bridgehead atoms. The molecule has 3 aromatic heterocycles. The molecule has 1 aliphatic rings. The van der Waals surface area contributed by atoms with Gasteiger partial charge in [-0.25, -0.2) is 4.98 Å². The predicted molar refractivity (Wildman–Crippen MR) is 123 cm³/mol. The summed E-state index contributed by atoms with van der Waals surface area (Å²) >= 11 is 0. The van der Waals surface area contributed by atoms with Crippen LogP contribution >= 0.6 is 0 Å². The summed E-state index contributed by atoms with van der Waals surface area (Å²) in [6.45, 7) is 3.37. The van der Waals surface area contributed by atoms with Crippen LogP contribution in [0.3, 0.4) is 0 Å². The first-order chi connectivity index (χ1) is 15.2. The Morgan fingerprint density at radius 2 is 1.81 bits per heavy atom. The van der Waals surface area contributed by atoms with Gasteiger partial charge in [-0.3, -0.25) is 4.40 Å². The van der Waals surface area contributed by atoms with Crippen molar-refractivity contribution in [3.8, 4) is 11.1 Å². The molecule has 1 N–H and O–H groups in total. The number of benzene rings is 1. The molecule has 0 aliphatic carbocycles. The van der Waals surface area contributed by atoms with Crippen LogP contribution < -0.4 is 15.1 Å². The van der Waals surface area contributed by atoms with Crippen molar-refractivity contribution in [1.82, 2.24) is 19.6 Å². The van der Waals surface area contributed by atoms with Gasteiger partial charge in [0.25, 0.3) is 0 Å². The van der Waals surface area contributed by atoms with Gasteiger partial charge >= 0.3 is 0 Å². The molecule has 1 fully saturated rings. The zero-order chi connectivity index (χ0) is 21.2. The summed E-state index contributed by atoms with van der Waals surface area (Å²) in [5.74, 6) is 1.60. The van der Waals surface area contributed by atoms with Gasteiger partial charge < -0.3 is 19.9 Å². The van der Waals surface area contributed by atoms with Crippen molar-refractivity contribution in [3.05, 3.63) is 60.9 Å². The Morgan fingerprint density at radius 3 is 2.65 bits per heavy atom. The first-order valence-corrected chi connectivity index (χ1v) is 10.4. The molecule has 0 saturated carbocycles. The third kappa shape index (κ3) is 4.02. The summed E-state index contributed by atoms with van der Waals surface area (Å²) in [7, 11) is 3.92. The van der Waals surface area contributed by atoms with E-state index in [0.29, 0.717) is 0 Å². The molecule has 1 aliphatic heterocycles. The van der Waals surface area contributed by atoms with Crippen LogP contribution in [0, 0.1) is 0 Å². The average Bonchev–Trinajstić information content (AvgIpc) is 3.24. The van der Waals surface area contributed by atoms with Gasteiger partial charge in [-0.15, -0.1) is 10.2 Å². The van der Waals surface area contributed by atoms with Gasteiger partial charge in [0.15, 0.2) is 5.65 Å². The Balaban J connectivity index is 1.39. The van der Waals surface area contributed by atoms with Crippen molar-refractivity contribution in [2.45, 2.75) is 0 Å². The fourth-order valence-electron chi connectivity index (χ4n) is 3.79. The highest BCUT2D eigenvalue weighted by atomic mass is 16.5. The van der Waals surface area contributed by atoms with Crippen LogP contribution in [-0.4, -0.2) is 60.0 Å².